The molecule has 1 aliphatic heterocycles. The molecule has 2 N–H and O–H groups in total. The van der Waals surface area contributed by atoms with Crippen molar-refractivity contribution in [2.75, 3.05) is 13.1 Å². The predicted molar refractivity (Wildman–Crippen MR) is 87.7 cm³/mol. The predicted octanol–water partition coefficient (Wildman–Crippen LogP) is 0.0494. The lowest BCUT2D eigenvalue weighted by molar-refractivity contribution is -0.131. The Balaban J connectivity index is 1.58. The number of nitrogens with one attached hydrogen (secondary N) is 2. The standard InChI is InChI=1S/C16H21N5O3/c1-11-13(15(23)19-16(24)18-11)9-14(22)20-7-3-12(4-8-20)10-21-6-2-5-17-21/h2,5-6,12H,3-4,7-10H2,1H3,(H2,18,19,23,24). The van der Waals surface area contributed by atoms with Crippen molar-refractivity contribution in [1.82, 2.24) is 24.6 Å². The van der Waals surface area contributed by atoms with E-state index in [1.165, 1.54) is 0 Å². The number of nitrogens with zero attached hydrogens (tertiary/aromatic N) is 3. The Bertz CT molecular complexity index is 813. The van der Waals surface area contributed by atoms with E-state index in [1.807, 2.05) is 16.9 Å². The average molecular weight is 331 g/mol. The molecule has 0 spiro atoms. The van der Waals surface area contributed by atoms with Crippen LogP contribution in [0.5, 0.6) is 0 Å². The van der Waals surface area contributed by atoms with E-state index >= 15 is 0 Å². The first kappa shape index (κ1) is 16.2. The number of aryl methyl sites for hydroxylation is 1. The molecular weight excluding hydrogens is 310 g/mol. The molecule has 8 nitrogen and oxygen atoms in total. The second kappa shape index (κ2) is 6.86. The van der Waals surface area contributed by atoms with Gasteiger partial charge in [-0.1, -0.05) is 0 Å². The van der Waals surface area contributed by atoms with E-state index in [-0.39, 0.29) is 12.3 Å². The molecule has 0 atom stereocenters. The number of likely N-dealkylation sites (tertiary alicyclic amines) is 1. The minimum Gasteiger partial charge on any atom is -0.342 e. The van der Waals surface area contributed by atoms with Crippen molar-refractivity contribution in [3.63, 3.8) is 0 Å². The average Bonchev–Trinajstić information content (AvgIpc) is 3.04. The molecule has 0 unspecified atom stereocenters. The Morgan fingerprint density at radius 2 is 2.04 bits per heavy atom. The van der Waals surface area contributed by atoms with Gasteiger partial charge < -0.3 is 9.88 Å². The number of carbonyl (C=O) groups is 1. The number of aromatic amines is 2. The molecule has 1 amide bonds. The summed E-state index contributed by atoms with van der Waals surface area (Å²) >= 11 is 0. The fourth-order valence-corrected chi connectivity index (χ4v) is 3.14. The summed E-state index contributed by atoms with van der Waals surface area (Å²) in [5.74, 6) is 0.431. The summed E-state index contributed by atoms with van der Waals surface area (Å²) < 4.78 is 1.92. The van der Waals surface area contributed by atoms with Crippen molar-refractivity contribution in [3.8, 4) is 0 Å². The molecule has 1 fully saturated rings. The van der Waals surface area contributed by atoms with E-state index in [0.717, 1.165) is 19.4 Å². The van der Waals surface area contributed by atoms with Crippen molar-refractivity contribution >= 4 is 5.91 Å². The molecule has 0 aromatic carbocycles. The van der Waals surface area contributed by atoms with Gasteiger partial charge in [0.1, 0.15) is 0 Å². The number of carbonyl (C=O) groups excluding carboxylic acids is 1. The highest BCUT2D eigenvalue weighted by molar-refractivity contribution is 5.79. The van der Waals surface area contributed by atoms with Crippen LogP contribution in [0.2, 0.25) is 0 Å². The quantitative estimate of drug-likeness (QED) is 0.826. The van der Waals surface area contributed by atoms with Crippen molar-refractivity contribution in [2.24, 2.45) is 5.92 Å². The molecule has 2 aromatic heterocycles. The number of piperidine rings is 1. The lowest BCUT2D eigenvalue weighted by atomic mass is 9.96. The molecule has 8 heteroatoms. The normalized spacial score (nSPS) is 15.6. The highest BCUT2D eigenvalue weighted by atomic mass is 16.2. The molecule has 0 bridgehead atoms. The van der Waals surface area contributed by atoms with E-state index in [9.17, 15) is 14.4 Å². The Morgan fingerprint density at radius 1 is 1.29 bits per heavy atom. The zero-order valence-corrected chi connectivity index (χ0v) is 13.6. The van der Waals surface area contributed by atoms with Crippen LogP contribution in [0.15, 0.2) is 28.0 Å². The Labute approximate surface area is 138 Å². The first-order valence-corrected chi connectivity index (χ1v) is 8.10. The zero-order valence-electron chi connectivity index (χ0n) is 13.6. The summed E-state index contributed by atoms with van der Waals surface area (Å²) in [4.78, 5) is 42.0. The summed E-state index contributed by atoms with van der Waals surface area (Å²) in [6.07, 6.45) is 5.58. The Morgan fingerprint density at radius 3 is 2.67 bits per heavy atom. The van der Waals surface area contributed by atoms with Crippen molar-refractivity contribution < 1.29 is 4.79 Å². The van der Waals surface area contributed by atoms with Crippen LogP contribution in [0.1, 0.15) is 24.1 Å². The zero-order chi connectivity index (χ0) is 17.1. The van der Waals surface area contributed by atoms with Crippen LogP contribution in [0.3, 0.4) is 0 Å². The van der Waals surface area contributed by atoms with Crippen molar-refractivity contribution in [2.45, 2.75) is 32.7 Å². The molecule has 24 heavy (non-hydrogen) atoms. The van der Waals surface area contributed by atoms with Crippen LogP contribution in [0.4, 0.5) is 0 Å². The minimum atomic E-state index is -0.548. The second-order valence-corrected chi connectivity index (χ2v) is 6.24. The van der Waals surface area contributed by atoms with Gasteiger partial charge in [0.15, 0.2) is 0 Å². The van der Waals surface area contributed by atoms with Crippen molar-refractivity contribution in [3.05, 3.63) is 50.6 Å². The third-order valence-electron chi connectivity index (χ3n) is 4.55. The highest BCUT2D eigenvalue weighted by Crippen LogP contribution is 2.19. The van der Waals surface area contributed by atoms with Gasteiger partial charge in [0, 0.05) is 43.3 Å². The largest absolute Gasteiger partial charge is 0.342 e. The molecule has 1 saturated heterocycles. The van der Waals surface area contributed by atoms with Gasteiger partial charge in [-0.2, -0.15) is 5.10 Å². The summed E-state index contributed by atoms with van der Waals surface area (Å²) in [6.45, 7) is 3.87. The fraction of sp³-hybridized carbons (Fsp3) is 0.500. The molecule has 0 aliphatic carbocycles. The first-order valence-electron chi connectivity index (χ1n) is 8.10. The molecule has 128 valence electrons. The van der Waals surface area contributed by atoms with Gasteiger partial charge in [-0.25, -0.2) is 4.79 Å². The Kier molecular flexibility index (Phi) is 4.64. The van der Waals surface area contributed by atoms with E-state index in [1.54, 1.807) is 18.0 Å². The van der Waals surface area contributed by atoms with Crippen molar-refractivity contribution in [1.29, 1.82) is 0 Å². The van der Waals surface area contributed by atoms with E-state index < -0.39 is 11.2 Å². The number of rotatable bonds is 4. The van der Waals surface area contributed by atoms with Gasteiger partial charge >= 0.3 is 5.69 Å². The number of hydrogen-bond acceptors (Lipinski definition) is 4. The van der Waals surface area contributed by atoms with Crippen LogP contribution >= 0.6 is 0 Å². The summed E-state index contributed by atoms with van der Waals surface area (Å²) in [5, 5.41) is 4.22. The molecule has 0 radical (unpaired) electrons. The third-order valence-corrected chi connectivity index (χ3v) is 4.55. The van der Waals surface area contributed by atoms with Crippen LogP contribution in [0.25, 0.3) is 0 Å². The molecule has 2 aromatic rings. The van der Waals surface area contributed by atoms with Crippen LogP contribution in [0, 0.1) is 12.8 Å². The number of hydrogen-bond donors (Lipinski definition) is 2. The molecule has 1 aliphatic rings. The Hall–Kier alpha value is -2.64. The topological polar surface area (TPSA) is 104 Å². The third kappa shape index (κ3) is 3.64. The lowest BCUT2D eigenvalue weighted by Gasteiger charge is -2.32. The summed E-state index contributed by atoms with van der Waals surface area (Å²) in [6, 6.07) is 1.91. The smallest absolute Gasteiger partial charge is 0.325 e. The summed E-state index contributed by atoms with van der Waals surface area (Å²) in [5.41, 5.74) is -0.254. The lowest BCUT2D eigenvalue weighted by Crippen LogP contribution is -2.41. The minimum absolute atomic E-state index is 0.0156. The maximum absolute atomic E-state index is 12.4. The number of aromatic nitrogens is 4. The van der Waals surface area contributed by atoms with Crippen LogP contribution in [-0.2, 0) is 17.8 Å². The first-order chi connectivity index (χ1) is 11.5. The van der Waals surface area contributed by atoms with Gasteiger partial charge in [0.25, 0.3) is 5.56 Å². The second-order valence-electron chi connectivity index (χ2n) is 6.24. The maximum atomic E-state index is 12.4. The van der Waals surface area contributed by atoms with Gasteiger partial charge in [-0.3, -0.25) is 19.3 Å². The molecular formula is C16H21N5O3. The monoisotopic (exact) mass is 331 g/mol. The molecule has 3 rings (SSSR count). The van der Waals surface area contributed by atoms with E-state index in [2.05, 4.69) is 15.1 Å². The fourth-order valence-electron chi connectivity index (χ4n) is 3.14. The molecule has 3 heterocycles. The van der Waals surface area contributed by atoms with E-state index in [0.29, 0.717) is 30.3 Å². The van der Waals surface area contributed by atoms with Gasteiger partial charge in [-0.05, 0) is 31.7 Å². The highest BCUT2D eigenvalue weighted by Gasteiger charge is 2.24. The maximum Gasteiger partial charge on any atom is 0.325 e. The van der Waals surface area contributed by atoms with E-state index in [4.69, 9.17) is 0 Å². The van der Waals surface area contributed by atoms with Crippen LogP contribution < -0.4 is 11.2 Å². The SMILES string of the molecule is Cc1[nH]c(=O)[nH]c(=O)c1CC(=O)N1CCC(Cn2cccn2)CC1. The van der Waals surface area contributed by atoms with Gasteiger partial charge in [-0.15, -0.1) is 0 Å². The molecule has 0 saturated carbocycles. The number of H-pyrrole nitrogens is 2. The summed E-state index contributed by atoms with van der Waals surface area (Å²) in [7, 11) is 0. The number of amides is 1. The van der Waals surface area contributed by atoms with Gasteiger partial charge in [0.2, 0.25) is 5.91 Å². The van der Waals surface area contributed by atoms with Crippen LogP contribution in [-0.4, -0.2) is 43.6 Å². The van der Waals surface area contributed by atoms with Gasteiger partial charge in [0.05, 0.1) is 6.42 Å².